The number of carbonyl (C=O) groups excluding carboxylic acids is 1. The molecule has 31 heavy (non-hydrogen) atoms. The van der Waals surface area contributed by atoms with E-state index < -0.39 is 6.42 Å². The number of carbonyl (C=O) groups is 1. The molecule has 1 atom stereocenters. The molecular formula is C23H27N2O4PS. The lowest BCUT2D eigenvalue weighted by Gasteiger charge is -2.45. The van der Waals surface area contributed by atoms with E-state index in [0.29, 0.717) is 31.3 Å². The van der Waals surface area contributed by atoms with Crippen molar-refractivity contribution in [3.05, 3.63) is 42.5 Å². The summed E-state index contributed by atoms with van der Waals surface area (Å²) in [4.78, 5) is 15.6. The Morgan fingerprint density at radius 2 is 1.74 bits per heavy atom. The minimum absolute atomic E-state index is 0.0628. The average Bonchev–Trinajstić information content (AvgIpc) is 2.80. The number of para-hydroxylation sites is 1. The van der Waals surface area contributed by atoms with Crippen molar-refractivity contribution >= 4 is 40.9 Å². The van der Waals surface area contributed by atoms with Gasteiger partial charge in [-0.2, -0.15) is 0 Å². The van der Waals surface area contributed by atoms with E-state index in [2.05, 4.69) is 0 Å². The number of anilines is 2. The number of ether oxygens (including phenoxy) is 2. The second-order valence-electron chi connectivity index (χ2n) is 8.04. The number of hydrogen-bond acceptors (Lipinski definition) is 5. The zero-order valence-electron chi connectivity index (χ0n) is 17.7. The van der Waals surface area contributed by atoms with Gasteiger partial charge < -0.3 is 14.0 Å². The molecule has 0 unspecified atom stereocenters. The van der Waals surface area contributed by atoms with E-state index in [1.54, 1.807) is 9.57 Å². The number of urea groups is 1. The first kappa shape index (κ1) is 20.8. The molecule has 5 rings (SSSR count). The van der Waals surface area contributed by atoms with Crippen LogP contribution in [0, 0.1) is 0 Å². The highest BCUT2D eigenvalue weighted by Crippen LogP contribution is 2.60. The predicted octanol–water partition coefficient (Wildman–Crippen LogP) is 5.21. The summed E-state index contributed by atoms with van der Waals surface area (Å²) < 4.78 is 20.2. The van der Waals surface area contributed by atoms with Crippen molar-refractivity contribution in [2.75, 3.05) is 29.3 Å². The molecular weight excluding hydrogens is 431 g/mol. The van der Waals surface area contributed by atoms with E-state index in [0.717, 1.165) is 42.4 Å². The Balaban J connectivity index is 1.70. The summed E-state index contributed by atoms with van der Waals surface area (Å²) in [6.07, 6.45) is 2.59. The molecule has 2 aromatic carbocycles. The highest BCUT2D eigenvalue weighted by molar-refractivity contribution is 8.17. The Hall–Kier alpha value is -2.08. The molecule has 2 amide bonds. The fraction of sp³-hybridized carbons (Fsp3) is 0.435. The average molecular weight is 459 g/mol. The van der Waals surface area contributed by atoms with Crippen LogP contribution in [0.15, 0.2) is 42.5 Å². The first-order chi connectivity index (χ1) is 15.1. The first-order valence-electron chi connectivity index (χ1n) is 11.0. The van der Waals surface area contributed by atoms with Crippen molar-refractivity contribution in [2.24, 2.45) is 0 Å². The van der Waals surface area contributed by atoms with E-state index in [-0.39, 0.29) is 12.1 Å². The fourth-order valence-corrected chi connectivity index (χ4v) is 8.42. The Morgan fingerprint density at radius 1 is 1.06 bits per heavy atom. The molecule has 0 saturated heterocycles. The number of fused-ring (bicyclic) bond motifs is 2. The van der Waals surface area contributed by atoms with Crippen molar-refractivity contribution < 1.29 is 18.8 Å². The lowest BCUT2D eigenvalue weighted by molar-refractivity contribution is 0.170. The quantitative estimate of drug-likeness (QED) is 0.589. The molecule has 1 saturated carbocycles. The Bertz CT molecular complexity index is 1030. The minimum atomic E-state index is -2.92. The molecule has 1 aliphatic carbocycles. The van der Waals surface area contributed by atoms with Crippen LogP contribution >= 0.6 is 6.42 Å². The third-order valence-electron chi connectivity index (χ3n) is 6.07. The summed E-state index contributed by atoms with van der Waals surface area (Å²) >= 11 is 6.35. The molecule has 0 bridgehead atoms. The summed E-state index contributed by atoms with van der Waals surface area (Å²) in [6.45, 7) is 3.48. The van der Waals surface area contributed by atoms with Crippen LogP contribution in [0.3, 0.4) is 0 Å². The van der Waals surface area contributed by atoms with Crippen molar-refractivity contribution in [2.45, 2.75) is 45.1 Å². The SMILES string of the molecule is CCN1C(=O)N(c2ccccc2)[P@@](=S)(OC2CCCCC2)c2cc3c(cc21)OCCO3. The summed E-state index contributed by atoms with van der Waals surface area (Å²) in [5.41, 5.74) is 1.55. The van der Waals surface area contributed by atoms with Gasteiger partial charge in [-0.05, 0) is 49.8 Å². The molecule has 6 nitrogen and oxygen atoms in total. The highest BCUT2D eigenvalue weighted by atomic mass is 32.4. The van der Waals surface area contributed by atoms with Gasteiger partial charge in [-0.25, -0.2) is 9.46 Å². The molecule has 0 N–H and O–H groups in total. The Labute approximate surface area is 188 Å². The normalized spacial score (nSPS) is 23.6. The smallest absolute Gasteiger partial charge is 0.334 e. The molecule has 2 aromatic rings. The number of amides is 2. The summed E-state index contributed by atoms with van der Waals surface area (Å²) in [6, 6.07) is 13.4. The van der Waals surface area contributed by atoms with Crippen LogP contribution in [0.4, 0.5) is 16.2 Å². The number of nitrogens with zero attached hydrogens (tertiary/aromatic N) is 2. The van der Waals surface area contributed by atoms with Gasteiger partial charge in [0.2, 0.25) is 0 Å². The van der Waals surface area contributed by atoms with Crippen LogP contribution in [0.5, 0.6) is 11.5 Å². The third kappa shape index (κ3) is 3.63. The number of hydrogen-bond donors (Lipinski definition) is 0. The second kappa shape index (κ2) is 8.45. The summed E-state index contributed by atoms with van der Waals surface area (Å²) in [7, 11) is 0. The van der Waals surface area contributed by atoms with Crippen LogP contribution < -0.4 is 24.3 Å². The number of rotatable bonds is 4. The van der Waals surface area contributed by atoms with Crippen LogP contribution in [0.1, 0.15) is 39.0 Å². The molecule has 0 radical (unpaired) electrons. The van der Waals surface area contributed by atoms with E-state index in [4.69, 9.17) is 25.8 Å². The van der Waals surface area contributed by atoms with Gasteiger partial charge in [-0.15, -0.1) is 0 Å². The van der Waals surface area contributed by atoms with Crippen LogP contribution in [-0.4, -0.2) is 31.9 Å². The zero-order valence-corrected chi connectivity index (χ0v) is 19.4. The lowest BCUT2D eigenvalue weighted by Crippen LogP contribution is -2.50. The van der Waals surface area contributed by atoms with Gasteiger partial charge in [0.15, 0.2) is 17.9 Å². The molecule has 8 heteroatoms. The van der Waals surface area contributed by atoms with Crippen molar-refractivity contribution in [3.63, 3.8) is 0 Å². The lowest BCUT2D eigenvalue weighted by atomic mass is 9.98. The summed E-state index contributed by atoms with van der Waals surface area (Å²) in [5.74, 6) is 1.33. The van der Waals surface area contributed by atoms with Gasteiger partial charge in [0, 0.05) is 12.6 Å². The van der Waals surface area contributed by atoms with Gasteiger partial charge in [0.05, 0.1) is 22.8 Å². The van der Waals surface area contributed by atoms with E-state index in [9.17, 15) is 4.79 Å². The molecule has 0 aromatic heterocycles. The molecule has 2 heterocycles. The van der Waals surface area contributed by atoms with Gasteiger partial charge in [0.1, 0.15) is 13.2 Å². The zero-order chi connectivity index (χ0) is 21.4. The maximum Gasteiger partial charge on any atom is 0.334 e. The molecule has 164 valence electrons. The summed E-state index contributed by atoms with van der Waals surface area (Å²) in [5, 5.41) is 0.864. The van der Waals surface area contributed by atoms with Crippen LogP contribution in [0.25, 0.3) is 0 Å². The maximum absolute atomic E-state index is 13.8. The molecule has 1 fully saturated rings. The Kier molecular flexibility index (Phi) is 5.67. The van der Waals surface area contributed by atoms with Crippen molar-refractivity contribution in [1.82, 2.24) is 0 Å². The largest absolute Gasteiger partial charge is 0.486 e. The second-order valence-corrected chi connectivity index (χ2v) is 11.7. The van der Waals surface area contributed by atoms with E-state index in [1.165, 1.54) is 6.42 Å². The molecule has 2 aliphatic heterocycles. The van der Waals surface area contributed by atoms with E-state index >= 15 is 0 Å². The van der Waals surface area contributed by atoms with E-state index in [1.807, 2.05) is 49.4 Å². The van der Waals surface area contributed by atoms with Crippen LogP contribution in [-0.2, 0) is 16.3 Å². The third-order valence-corrected chi connectivity index (χ3v) is 9.89. The van der Waals surface area contributed by atoms with Gasteiger partial charge in [-0.1, -0.05) is 37.5 Å². The highest BCUT2D eigenvalue weighted by Gasteiger charge is 2.46. The van der Waals surface area contributed by atoms with Crippen molar-refractivity contribution in [3.8, 4) is 11.5 Å². The van der Waals surface area contributed by atoms with Crippen molar-refractivity contribution in [1.29, 1.82) is 0 Å². The van der Waals surface area contributed by atoms with Gasteiger partial charge in [-0.3, -0.25) is 4.90 Å². The maximum atomic E-state index is 13.8. The molecule has 3 aliphatic rings. The predicted molar refractivity (Wildman–Crippen MR) is 127 cm³/mol. The first-order valence-corrected chi connectivity index (χ1v) is 13.7. The number of benzene rings is 2. The molecule has 0 spiro atoms. The Morgan fingerprint density at radius 3 is 2.42 bits per heavy atom. The monoisotopic (exact) mass is 458 g/mol. The fourth-order valence-electron chi connectivity index (χ4n) is 4.56. The minimum Gasteiger partial charge on any atom is -0.486 e. The standard InChI is InChI=1S/C23H27N2O4PS/c1-2-24-19-15-20-21(28-14-13-27-20)16-22(19)30(31,29-18-11-7-4-8-12-18)25(23(24)26)17-9-5-3-6-10-17/h3,5-6,9-10,15-16,18H,2,4,7-8,11-14H2,1H3/t30-/m1/s1. The van der Waals surface area contributed by atoms with Crippen LogP contribution in [0.2, 0.25) is 0 Å². The topological polar surface area (TPSA) is 51.2 Å². The van der Waals surface area contributed by atoms with Gasteiger partial charge in [0.25, 0.3) is 0 Å². The van der Waals surface area contributed by atoms with Gasteiger partial charge >= 0.3 is 6.03 Å².